The maximum Gasteiger partial charge on any atom is 0.0315 e. The van der Waals surface area contributed by atoms with Crippen LogP contribution in [0.25, 0.3) is 0 Å². The molecule has 0 spiro atoms. The quantitative estimate of drug-likeness (QED) is 0.796. The molecule has 1 rings (SSSR count). The van der Waals surface area contributed by atoms with Gasteiger partial charge in [0.15, 0.2) is 0 Å². The molecule has 1 heterocycles. The second-order valence-corrected chi connectivity index (χ2v) is 4.15. The number of hydrogen-bond acceptors (Lipinski definition) is 2. The van der Waals surface area contributed by atoms with Crippen molar-refractivity contribution in [3.05, 3.63) is 29.6 Å². The maximum atomic E-state index is 6.10. The molecule has 2 N–H and O–H groups in total. The van der Waals surface area contributed by atoms with Crippen molar-refractivity contribution >= 4 is 0 Å². The Bertz CT molecular complexity index is 283. The molecule has 2 heteroatoms. The number of rotatable bonds is 4. The van der Waals surface area contributed by atoms with Crippen LogP contribution in [0, 0.1) is 12.8 Å². The fourth-order valence-electron chi connectivity index (χ4n) is 1.52. The number of nitrogens with zero attached hydrogens (tertiary/aromatic N) is 1. The first-order chi connectivity index (χ1) is 6.63. The molecule has 0 aromatic carbocycles. The van der Waals surface area contributed by atoms with Crippen molar-refractivity contribution in [3.63, 3.8) is 0 Å². The molecule has 0 saturated heterocycles. The average molecular weight is 192 g/mol. The Morgan fingerprint density at radius 2 is 2.14 bits per heavy atom. The molecule has 0 saturated carbocycles. The van der Waals surface area contributed by atoms with Gasteiger partial charge < -0.3 is 5.73 Å². The first-order valence-electron chi connectivity index (χ1n) is 5.30. The van der Waals surface area contributed by atoms with E-state index in [1.165, 1.54) is 12.0 Å². The number of pyridine rings is 1. The maximum absolute atomic E-state index is 6.10. The number of nitrogens with two attached hydrogens (primary N) is 1. The Kier molecular flexibility index (Phi) is 4.08. The molecule has 2 unspecified atom stereocenters. The number of aryl methyl sites for hydroxylation is 1. The third-order valence-corrected chi connectivity index (χ3v) is 2.68. The first kappa shape index (κ1) is 11.2. The highest BCUT2D eigenvalue weighted by Gasteiger charge is 2.09. The van der Waals surface area contributed by atoms with Crippen LogP contribution >= 0.6 is 0 Å². The van der Waals surface area contributed by atoms with Gasteiger partial charge in [-0.15, -0.1) is 0 Å². The first-order valence-corrected chi connectivity index (χ1v) is 5.30. The van der Waals surface area contributed by atoms with E-state index < -0.39 is 0 Å². The molecule has 0 amide bonds. The fourth-order valence-corrected chi connectivity index (χ4v) is 1.52. The summed E-state index contributed by atoms with van der Waals surface area (Å²) in [4.78, 5) is 4.16. The van der Waals surface area contributed by atoms with Crippen LogP contribution in [0.5, 0.6) is 0 Å². The molecule has 2 atom stereocenters. The summed E-state index contributed by atoms with van der Waals surface area (Å²) < 4.78 is 0. The van der Waals surface area contributed by atoms with E-state index in [-0.39, 0.29) is 6.04 Å². The zero-order valence-corrected chi connectivity index (χ0v) is 9.33. The molecular weight excluding hydrogens is 172 g/mol. The lowest BCUT2D eigenvalue weighted by Gasteiger charge is -2.16. The van der Waals surface area contributed by atoms with Gasteiger partial charge in [0, 0.05) is 18.4 Å². The minimum absolute atomic E-state index is 0.136. The average Bonchev–Trinajstić information content (AvgIpc) is 2.17. The SMILES string of the molecule is CCC(C)CC(N)c1cncc(C)c1. The van der Waals surface area contributed by atoms with Gasteiger partial charge in [-0.2, -0.15) is 0 Å². The van der Waals surface area contributed by atoms with Crippen molar-refractivity contribution in [3.8, 4) is 0 Å². The molecule has 0 fully saturated rings. The van der Waals surface area contributed by atoms with E-state index in [1.54, 1.807) is 0 Å². The third-order valence-electron chi connectivity index (χ3n) is 2.68. The molecule has 0 radical (unpaired) electrons. The van der Waals surface area contributed by atoms with Gasteiger partial charge in [-0.1, -0.05) is 26.3 Å². The fraction of sp³-hybridized carbons (Fsp3) is 0.583. The van der Waals surface area contributed by atoms with Crippen molar-refractivity contribution in [2.24, 2.45) is 11.7 Å². The summed E-state index contributed by atoms with van der Waals surface area (Å²) in [5.41, 5.74) is 8.44. The van der Waals surface area contributed by atoms with Crippen LogP contribution in [-0.4, -0.2) is 4.98 Å². The molecule has 14 heavy (non-hydrogen) atoms. The van der Waals surface area contributed by atoms with Gasteiger partial charge in [0.25, 0.3) is 0 Å². The Balaban J connectivity index is 2.64. The van der Waals surface area contributed by atoms with Crippen molar-refractivity contribution in [1.82, 2.24) is 4.98 Å². The molecule has 2 nitrogen and oxygen atoms in total. The zero-order chi connectivity index (χ0) is 10.6. The number of aromatic nitrogens is 1. The van der Waals surface area contributed by atoms with Crippen molar-refractivity contribution in [1.29, 1.82) is 0 Å². The Morgan fingerprint density at radius 3 is 2.71 bits per heavy atom. The van der Waals surface area contributed by atoms with Crippen molar-refractivity contribution in [2.45, 2.75) is 39.7 Å². The standard InChI is InChI=1S/C12H20N2/c1-4-9(2)6-12(13)11-5-10(3)7-14-8-11/h5,7-9,12H,4,6,13H2,1-3H3. The topological polar surface area (TPSA) is 38.9 Å². The Labute approximate surface area is 86.5 Å². The van der Waals surface area contributed by atoms with Gasteiger partial charge >= 0.3 is 0 Å². The summed E-state index contributed by atoms with van der Waals surface area (Å²) in [6, 6.07) is 2.26. The summed E-state index contributed by atoms with van der Waals surface area (Å²) in [6.07, 6.45) is 5.97. The van der Waals surface area contributed by atoms with Gasteiger partial charge in [0.1, 0.15) is 0 Å². The molecular formula is C12H20N2. The Morgan fingerprint density at radius 1 is 1.43 bits per heavy atom. The van der Waals surface area contributed by atoms with E-state index in [4.69, 9.17) is 5.73 Å². The Hall–Kier alpha value is -0.890. The highest BCUT2D eigenvalue weighted by atomic mass is 14.7. The second-order valence-electron chi connectivity index (χ2n) is 4.15. The minimum atomic E-state index is 0.136. The lowest BCUT2D eigenvalue weighted by Crippen LogP contribution is -2.14. The predicted molar refractivity (Wildman–Crippen MR) is 60.0 cm³/mol. The van der Waals surface area contributed by atoms with Crippen LogP contribution in [0.3, 0.4) is 0 Å². The van der Waals surface area contributed by atoms with Crippen molar-refractivity contribution < 1.29 is 0 Å². The summed E-state index contributed by atoms with van der Waals surface area (Å²) in [5.74, 6) is 0.686. The van der Waals surface area contributed by atoms with Crippen LogP contribution in [0.1, 0.15) is 43.9 Å². The molecule has 0 aliphatic rings. The summed E-state index contributed by atoms with van der Waals surface area (Å²) in [7, 11) is 0. The van der Waals surface area contributed by atoms with Gasteiger partial charge in [-0.25, -0.2) is 0 Å². The van der Waals surface area contributed by atoms with Gasteiger partial charge in [0.2, 0.25) is 0 Å². The van der Waals surface area contributed by atoms with E-state index in [2.05, 4.69) is 24.9 Å². The van der Waals surface area contributed by atoms with Crippen LogP contribution < -0.4 is 5.73 Å². The van der Waals surface area contributed by atoms with Gasteiger partial charge in [0.05, 0.1) is 0 Å². The summed E-state index contributed by atoms with van der Waals surface area (Å²) in [6.45, 7) is 6.49. The number of hydrogen-bond donors (Lipinski definition) is 1. The van der Waals surface area contributed by atoms with Crippen LogP contribution in [-0.2, 0) is 0 Å². The highest BCUT2D eigenvalue weighted by molar-refractivity contribution is 5.19. The van der Waals surface area contributed by atoms with E-state index in [0.717, 1.165) is 12.0 Å². The highest BCUT2D eigenvalue weighted by Crippen LogP contribution is 2.20. The monoisotopic (exact) mass is 192 g/mol. The zero-order valence-electron chi connectivity index (χ0n) is 9.33. The minimum Gasteiger partial charge on any atom is -0.324 e. The molecule has 0 bridgehead atoms. The van der Waals surface area contributed by atoms with E-state index in [1.807, 2.05) is 19.3 Å². The van der Waals surface area contributed by atoms with Crippen molar-refractivity contribution in [2.75, 3.05) is 0 Å². The third kappa shape index (κ3) is 3.11. The van der Waals surface area contributed by atoms with Crippen LogP contribution in [0.15, 0.2) is 18.5 Å². The van der Waals surface area contributed by atoms with Gasteiger partial charge in [-0.3, -0.25) is 4.98 Å². The summed E-state index contributed by atoms with van der Waals surface area (Å²) >= 11 is 0. The molecule has 1 aromatic rings. The molecule has 0 aliphatic carbocycles. The predicted octanol–water partition coefficient (Wildman–Crippen LogP) is 2.83. The van der Waals surface area contributed by atoms with Crippen LogP contribution in [0.4, 0.5) is 0 Å². The lowest BCUT2D eigenvalue weighted by atomic mass is 9.95. The van der Waals surface area contributed by atoms with E-state index in [9.17, 15) is 0 Å². The summed E-state index contributed by atoms with van der Waals surface area (Å²) in [5, 5.41) is 0. The normalized spacial score (nSPS) is 15.1. The van der Waals surface area contributed by atoms with Crippen LogP contribution in [0.2, 0.25) is 0 Å². The molecule has 78 valence electrons. The largest absolute Gasteiger partial charge is 0.324 e. The van der Waals surface area contributed by atoms with E-state index >= 15 is 0 Å². The second kappa shape index (κ2) is 5.11. The lowest BCUT2D eigenvalue weighted by molar-refractivity contribution is 0.460. The van der Waals surface area contributed by atoms with Gasteiger partial charge in [-0.05, 0) is 30.4 Å². The molecule has 1 aromatic heterocycles. The molecule has 0 aliphatic heterocycles. The smallest absolute Gasteiger partial charge is 0.0315 e. The van der Waals surface area contributed by atoms with E-state index in [0.29, 0.717) is 5.92 Å².